The Labute approximate surface area is 135 Å². The van der Waals surface area contributed by atoms with Crippen molar-refractivity contribution in [3.8, 4) is 11.5 Å². The molecule has 2 aromatic rings. The van der Waals surface area contributed by atoms with Gasteiger partial charge in [0.1, 0.15) is 17.9 Å². The molecule has 0 fully saturated rings. The first kappa shape index (κ1) is 16.9. The van der Waals surface area contributed by atoms with E-state index in [1.165, 1.54) is 30.5 Å². The summed E-state index contributed by atoms with van der Waals surface area (Å²) >= 11 is 0. The number of hydrogen-bond acceptors (Lipinski definition) is 5. The molecule has 0 radical (unpaired) electrons. The van der Waals surface area contributed by atoms with Gasteiger partial charge < -0.3 is 20.9 Å². The number of anilines is 1. The van der Waals surface area contributed by atoms with Gasteiger partial charge in [-0.1, -0.05) is 0 Å². The van der Waals surface area contributed by atoms with E-state index in [-0.39, 0.29) is 22.9 Å². The highest BCUT2D eigenvalue weighted by Gasteiger charge is 2.11. The predicted molar refractivity (Wildman–Crippen MR) is 80.1 cm³/mol. The fraction of sp³-hybridized carbons (Fsp3) is 0.0667. The van der Waals surface area contributed by atoms with Crippen LogP contribution in [0.15, 0.2) is 36.5 Å². The van der Waals surface area contributed by atoms with Crippen LogP contribution in [0.4, 0.5) is 10.1 Å². The molecule has 4 N–H and O–H groups in total. The molecule has 0 saturated heterocycles. The van der Waals surface area contributed by atoms with Crippen molar-refractivity contribution >= 4 is 23.5 Å². The highest BCUT2D eigenvalue weighted by molar-refractivity contribution is 6.01. The number of aliphatic carboxylic acids is 1. The largest absolute Gasteiger partial charge is 0.481 e. The number of halogens is 1. The Kier molecular flexibility index (Phi) is 5.05. The number of aromatic nitrogens is 1. The molecule has 0 saturated carbocycles. The first-order valence-electron chi connectivity index (χ1n) is 6.60. The van der Waals surface area contributed by atoms with Crippen LogP contribution in [-0.4, -0.2) is 27.9 Å². The molecule has 0 atom stereocenters. The topological polar surface area (TPSA) is 132 Å². The van der Waals surface area contributed by atoms with E-state index in [2.05, 4.69) is 10.3 Å². The Morgan fingerprint density at radius 2 is 2.00 bits per heavy atom. The van der Waals surface area contributed by atoms with Gasteiger partial charge in [0.05, 0.1) is 0 Å². The van der Waals surface area contributed by atoms with E-state index >= 15 is 0 Å². The average Bonchev–Trinajstić information content (AvgIpc) is 2.49. The summed E-state index contributed by atoms with van der Waals surface area (Å²) in [6, 6.07) is 6.23. The predicted octanol–water partition coefficient (Wildman–Crippen LogP) is 1.53. The SMILES string of the molecule is NC(=O)c1cc(Oc2ccc(NC(=O)CC(=O)O)cc2F)ccn1. The summed E-state index contributed by atoms with van der Waals surface area (Å²) < 4.78 is 19.3. The molecular weight excluding hydrogens is 321 g/mol. The van der Waals surface area contributed by atoms with Crippen LogP contribution in [0.1, 0.15) is 16.9 Å². The number of rotatable bonds is 6. The zero-order valence-electron chi connectivity index (χ0n) is 12.2. The van der Waals surface area contributed by atoms with Gasteiger partial charge in [-0.15, -0.1) is 0 Å². The molecule has 0 aliphatic heterocycles. The van der Waals surface area contributed by atoms with Crippen LogP contribution in [-0.2, 0) is 9.59 Å². The molecule has 9 heteroatoms. The summed E-state index contributed by atoms with van der Waals surface area (Å²) in [5.74, 6) is -3.63. The number of primary amides is 1. The van der Waals surface area contributed by atoms with Crippen molar-refractivity contribution in [2.45, 2.75) is 6.42 Å². The molecule has 0 aliphatic rings. The number of amides is 2. The fourth-order valence-electron chi connectivity index (χ4n) is 1.74. The minimum absolute atomic E-state index is 0.0366. The zero-order valence-corrected chi connectivity index (χ0v) is 12.2. The van der Waals surface area contributed by atoms with Crippen molar-refractivity contribution in [1.29, 1.82) is 0 Å². The van der Waals surface area contributed by atoms with Gasteiger partial charge in [-0.2, -0.15) is 0 Å². The maximum absolute atomic E-state index is 14.0. The van der Waals surface area contributed by atoms with E-state index < -0.39 is 30.0 Å². The first-order valence-corrected chi connectivity index (χ1v) is 6.60. The van der Waals surface area contributed by atoms with Gasteiger partial charge in [0, 0.05) is 24.0 Å². The smallest absolute Gasteiger partial charge is 0.312 e. The molecule has 24 heavy (non-hydrogen) atoms. The van der Waals surface area contributed by atoms with E-state index in [0.717, 1.165) is 6.07 Å². The molecule has 0 spiro atoms. The Balaban J connectivity index is 2.12. The minimum Gasteiger partial charge on any atom is -0.481 e. The lowest BCUT2D eigenvalue weighted by Crippen LogP contribution is -2.16. The van der Waals surface area contributed by atoms with Crippen molar-refractivity contribution in [2.75, 3.05) is 5.32 Å². The zero-order chi connectivity index (χ0) is 17.7. The molecule has 0 aliphatic carbocycles. The number of benzene rings is 1. The molecule has 2 amide bonds. The van der Waals surface area contributed by atoms with Crippen molar-refractivity contribution in [1.82, 2.24) is 4.98 Å². The Hall–Kier alpha value is -3.49. The Morgan fingerprint density at radius 3 is 2.62 bits per heavy atom. The van der Waals surface area contributed by atoms with Crippen molar-refractivity contribution in [3.05, 3.63) is 48.0 Å². The lowest BCUT2D eigenvalue weighted by Gasteiger charge is -2.09. The number of pyridine rings is 1. The highest BCUT2D eigenvalue weighted by atomic mass is 19.1. The van der Waals surface area contributed by atoms with Gasteiger partial charge in [-0.3, -0.25) is 19.4 Å². The van der Waals surface area contributed by atoms with Crippen LogP contribution in [0.3, 0.4) is 0 Å². The molecule has 1 heterocycles. The highest BCUT2D eigenvalue weighted by Crippen LogP contribution is 2.26. The molecule has 0 bridgehead atoms. The molecule has 8 nitrogen and oxygen atoms in total. The maximum Gasteiger partial charge on any atom is 0.312 e. The minimum atomic E-state index is -1.30. The first-order chi connectivity index (χ1) is 11.3. The number of ether oxygens (including phenoxy) is 1. The summed E-state index contributed by atoms with van der Waals surface area (Å²) in [5, 5.41) is 10.7. The van der Waals surface area contributed by atoms with Gasteiger partial charge in [-0.25, -0.2) is 4.39 Å². The summed E-state index contributed by atoms with van der Waals surface area (Å²) in [5.41, 5.74) is 5.14. The van der Waals surface area contributed by atoms with Crippen LogP contribution in [0.25, 0.3) is 0 Å². The van der Waals surface area contributed by atoms with E-state index in [4.69, 9.17) is 15.6 Å². The summed E-state index contributed by atoms with van der Waals surface area (Å²) in [4.78, 5) is 36.5. The van der Waals surface area contributed by atoms with E-state index in [9.17, 15) is 18.8 Å². The maximum atomic E-state index is 14.0. The molecular formula is C15H12FN3O5. The standard InChI is InChI=1S/C15H12FN3O5/c16-10-5-8(19-13(20)7-14(21)22)1-2-12(10)24-9-3-4-18-11(6-9)15(17)23/h1-6H,7H2,(H2,17,23)(H,19,20)(H,21,22). The second-order valence-electron chi connectivity index (χ2n) is 4.61. The third-order valence-corrected chi connectivity index (χ3v) is 2.74. The number of carbonyl (C=O) groups is 3. The average molecular weight is 333 g/mol. The number of nitrogens with two attached hydrogens (primary N) is 1. The third-order valence-electron chi connectivity index (χ3n) is 2.74. The quantitative estimate of drug-likeness (QED) is 0.687. The molecule has 1 aromatic carbocycles. The molecule has 0 unspecified atom stereocenters. The number of nitrogens with one attached hydrogen (secondary N) is 1. The van der Waals surface area contributed by atoms with Crippen LogP contribution in [0, 0.1) is 5.82 Å². The van der Waals surface area contributed by atoms with Gasteiger partial charge in [-0.05, 0) is 18.2 Å². The summed E-state index contributed by atoms with van der Waals surface area (Å²) in [6.45, 7) is 0. The van der Waals surface area contributed by atoms with Gasteiger partial charge >= 0.3 is 5.97 Å². The molecule has 1 aromatic heterocycles. The van der Waals surface area contributed by atoms with Crippen molar-refractivity contribution < 1.29 is 28.6 Å². The van der Waals surface area contributed by atoms with Crippen LogP contribution in [0.5, 0.6) is 11.5 Å². The number of carboxylic acid groups (broad SMARTS) is 1. The summed E-state index contributed by atoms with van der Waals surface area (Å²) in [6.07, 6.45) is 0.556. The number of hydrogen-bond donors (Lipinski definition) is 3. The Morgan fingerprint density at radius 1 is 1.25 bits per heavy atom. The summed E-state index contributed by atoms with van der Waals surface area (Å²) in [7, 11) is 0. The Bertz CT molecular complexity index is 809. The van der Waals surface area contributed by atoms with E-state index in [1.807, 2.05) is 0 Å². The molecule has 2 rings (SSSR count). The van der Waals surface area contributed by atoms with Gasteiger partial charge in [0.25, 0.3) is 5.91 Å². The van der Waals surface area contributed by atoms with Crippen molar-refractivity contribution in [2.24, 2.45) is 5.73 Å². The number of carboxylic acids is 1. The van der Waals surface area contributed by atoms with Gasteiger partial charge in [0.15, 0.2) is 11.6 Å². The van der Waals surface area contributed by atoms with Crippen molar-refractivity contribution in [3.63, 3.8) is 0 Å². The van der Waals surface area contributed by atoms with Gasteiger partial charge in [0.2, 0.25) is 5.91 Å². The van der Waals surface area contributed by atoms with Crippen LogP contribution in [0.2, 0.25) is 0 Å². The lowest BCUT2D eigenvalue weighted by molar-refractivity contribution is -0.139. The van der Waals surface area contributed by atoms with Crippen LogP contribution < -0.4 is 15.8 Å². The second kappa shape index (κ2) is 7.18. The second-order valence-corrected chi connectivity index (χ2v) is 4.61. The fourth-order valence-corrected chi connectivity index (χ4v) is 1.74. The normalized spacial score (nSPS) is 10.0. The third kappa shape index (κ3) is 4.50. The molecule has 124 valence electrons. The monoisotopic (exact) mass is 333 g/mol. The van der Waals surface area contributed by atoms with Crippen LogP contribution >= 0.6 is 0 Å². The number of carbonyl (C=O) groups excluding carboxylic acids is 2. The number of nitrogens with zero attached hydrogens (tertiary/aromatic N) is 1. The lowest BCUT2D eigenvalue weighted by atomic mass is 10.2. The van der Waals surface area contributed by atoms with E-state index in [0.29, 0.717) is 0 Å². The van der Waals surface area contributed by atoms with E-state index in [1.54, 1.807) is 0 Å².